The van der Waals surface area contributed by atoms with E-state index in [0.29, 0.717) is 0 Å². The average molecular weight is 760 g/mol. The Kier molecular flexibility index (Phi) is 33.6. The summed E-state index contributed by atoms with van der Waals surface area (Å²) in [6.45, 7) is 10.7. The molecule has 5 heteroatoms. The zero-order valence-corrected chi connectivity index (χ0v) is 35.9. The lowest BCUT2D eigenvalue weighted by Crippen LogP contribution is -2.40. The van der Waals surface area contributed by atoms with Crippen LogP contribution in [0.15, 0.2) is 0 Å². The predicted octanol–water partition coefficient (Wildman–Crippen LogP) is 15.6. The minimum atomic E-state index is -2.19. The maximum Gasteiger partial charge on any atom is 0.333 e. The van der Waals surface area contributed by atoms with Crippen molar-refractivity contribution < 1.29 is 13.6 Å². The van der Waals surface area contributed by atoms with E-state index in [1.807, 2.05) is 0 Å². The third kappa shape index (κ3) is 31.3. The topological polar surface area (TPSA) is 27.7 Å². The molecule has 0 radical (unpaired) electrons. The third-order valence-corrected chi connectivity index (χ3v) is 13.0. The molecule has 1 saturated carbocycles. The summed E-state index contributed by atoms with van der Waals surface area (Å²) in [5.74, 6) is 2.15. The summed E-state index contributed by atoms with van der Waals surface area (Å²) in [6, 6.07) is 0. The van der Waals surface area contributed by atoms with Crippen LogP contribution in [0.1, 0.15) is 226 Å². The van der Waals surface area contributed by atoms with Crippen LogP contribution in [0.4, 0.5) is 0 Å². The molecule has 0 bridgehead atoms. The standard InChI is InChI=1S/C43H87BrO3Si/c1-5-7-9-11-13-14-15-16-17-18-19-20-26-32-38-45-43(47-48(3,4)46-39-33-27-25-31-37-44)36-30-24-21-23-29-35-42-40-41(42)34-28-22-12-10-8-6-2/h41-43H,5-40H2,1-4H3. The molecule has 0 N–H and O–H groups in total. The lowest BCUT2D eigenvalue weighted by Gasteiger charge is -2.29. The Bertz CT molecular complexity index is 648. The number of hydrogen-bond donors (Lipinski definition) is 0. The summed E-state index contributed by atoms with van der Waals surface area (Å²) in [7, 11) is -2.19. The minimum absolute atomic E-state index is 0.0868. The van der Waals surface area contributed by atoms with Gasteiger partial charge in [0.1, 0.15) is 6.29 Å². The van der Waals surface area contributed by atoms with Gasteiger partial charge in [0.2, 0.25) is 0 Å². The summed E-state index contributed by atoms with van der Waals surface area (Å²) < 4.78 is 19.4. The van der Waals surface area contributed by atoms with Crippen molar-refractivity contribution in [3.8, 4) is 0 Å². The second-order valence-electron chi connectivity index (χ2n) is 16.0. The fraction of sp³-hybridized carbons (Fsp3) is 1.00. The molecule has 0 aliphatic heterocycles. The van der Waals surface area contributed by atoms with E-state index in [4.69, 9.17) is 13.6 Å². The van der Waals surface area contributed by atoms with Gasteiger partial charge in [0.05, 0.1) is 0 Å². The van der Waals surface area contributed by atoms with Gasteiger partial charge in [0.25, 0.3) is 0 Å². The highest BCUT2D eigenvalue weighted by molar-refractivity contribution is 9.09. The van der Waals surface area contributed by atoms with Crippen molar-refractivity contribution in [2.24, 2.45) is 11.8 Å². The fourth-order valence-corrected chi connectivity index (χ4v) is 9.28. The van der Waals surface area contributed by atoms with Gasteiger partial charge in [-0.15, -0.1) is 0 Å². The molecular weight excluding hydrogens is 672 g/mol. The Labute approximate surface area is 312 Å². The number of hydrogen-bond acceptors (Lipinski definition) is 3. The first-order valence-electron chi connectivity index (χ1n) is 22.0. The summed E-state index contributed by atoms with van der Waals surface area (Å²) in [6.07, 6.45) is 45.3. The normalized spacial score (nSPS) is 16.9. The van der Waals surface area contributed by atoms with Crippen LogP contribution in [0.2, 0.25) is 13.1 Å². The molecule has 1 rings (SSSR count). The molecule has 3 unspecified atom stereocenters. The third-order valence-electron chi connectivity index (χ3n) is 10.7. The summed E-state index contributed by atoms with van der Waals surface area (Å²) in [5.41, 5.74) is 0. The Balaban J connectivity index is 2.17. The molecule has 1 fully saturated rings. The van der Waals surface area contributed by atoms with Gasteiger partial charge < -0.3 is 13.6 Å². The molecule has 48 heavy (non-hydrogen) atoms. The zero-order valence-electron chi connectivity index (χ0n) is 33.3. The Hall–Kier alpha value is 0.577. The van der Waals surface area contributed by atoms with Gasteiger partial charge in [-0.05, 0) is 63.5 Å². The van der Waals surface area contributed by atoms with Gasteiger partial charge in [-0.3, -0.25) is 0 Å². The molecule has 3 nitrogen and oxygen atoms in total. The molecule has 0 amide bonds. The fourth-order valence-electron chi connectivity index (χ4n) is 7.36. The highest BCUT2D eigenvalue weighted by Crippen LogP contribution is 2.45. The van der Waals surface area contributed by atoms with Crippen LogP contribution in [0, 0.1) is 11.8 Å². The first-order valence-corrected chi connectivity index (χ1v) is 26.0. The molecule has 0 aromatic rings. The molecule has 0 saturated heterocycles. The predicted molar refractivity (Wildman–Crippen MR) is 219 cm³/mol. The van der Waals surface area contributed by atoms with Crippen LogP contribution in [0.3, 0.4) is 0 Å². The lowest BCUT2D eigenvalue weighted by molar-refractivity contribution is -0.104. The molecule has 0 spiro atoms. The molecule has 1 aliphatic carbocycles. The van der Waals surface area contributed by atoms with E-state index in [1.165, 1.54) is 193 Å². The summed E-state index contributed by atoms with van der Waals surface area (Å²) in [5, 5.41) is 1.11. The van der Waals surface area contributed by atoms with Gasteiger partial charge >= 0.3 is 8.56 Å². The van der Waals surface area contributed by atoms with Crippen molar-refractivity contribution in [3.05, 3.63) is 0 Å². The molecule has 0 aromatic carbocycles. The molecule has 0 aromatic heterocycles. The van der Waals surface area contributed by atoms with E-state index < -0.39 is 8.56 Å². The van der Waals surface area contributed by atoms with E-state index in [9.17, 15) is 0 Å². The van der Waals surface area contributed by atoms with Gasteiger partial charge in [0.15, 0.2) is 0 Å². The Morgan fingerprint density at radius 2 is 0.896 bits per heavy atom. The van der Waals surface area contributed by atoms with Crippen molar-refractivity contribution in [1.29, 1.82) is 0 Å². The van der Waals surface area contributed by atoms with Crippen molar-refractivity contribution >= 4 is 24.5 Å². The molecule has 0 heterocycles. The maximum atomic E-state index is 6.61. The number of halogens is 1. The minimum Gasteiger partial charge on any atom is -0.394 e. The lowest BCUT2D eigenvalue weighted by atomic mass is 10.0. The van der Waals surface area contributed by atoms with E-state index in [2.05, 4.69) is 42.9 Å². The number of ether oxygens (including phenoxy) is 1. The number of alkyl halides is 1. The van der Waals surface area contributed by atoms with Gasteiger partial charge in [-0.2, -0.15) is 0 Å². The van der Waals surface area contributed by atoms with Crippen LogP contribution in [-0.2, 0) is 13.6 Å². The first-order chi connectivity index (χ1) is 23.5. The zero-order chi connectivity index (χ0) is 34.8. The van der Waals surface area contributed by atoms with Crippen LogP contribution < -0.4 is 0 Å². The van der Waals surface area contributed by atoms with Crippen LogP contribution in [-0.4, -0.2) is 33.4 Å². The van der Waals surface area contributed by atoms with Crippen molar-refractivity contribution in [2.45, 2.75) is 245 Å². The Morgan fingerprint density at radius 1 is 0.500 bits per heavy atom. The largest absolute Gasteiger partial charge is 0.394 e. The van der Waals surface area contributed by atoms with E-state index in [1.54, 1.807) is 0 Å². The van der Waals surface area contributed by atoms with Crippen LogP contribution >= 0.6 is 15.9 Å². The quantitative estimate of drug-likeness (QED) is 0.0269. The molecule has 288 valence electrons. The van der Waals surface area contributed by atoms with E-state index in [-0.39, 0.29) is 6.29 Å². The molecular formula is C43H87BrO3Si. The van der Waals surface area contributed by atoms with E-state index in [0.717, 1.165) is 49.6 Å². The Morgan fingerprint density at radius 3 is 1.38 bits per heavy atom. The van der Waals surface area contributed by atoms with Gasteiger partial charge in [-0.25, -0.2) is 0 Å². The van der Waals surface area contributed by atoms with E-state index >= 15 is 0 Å². The van der Waals surface area contributed by atoms with Crippen LogP contribution in [0.5, 0.6) is 0 Å². The summed E-state index contributed by atoms with van der Waals surface area (Å²) >= 11 is 3.54. The van der Waals surface area contributed by atoms with Crippen molar-refractivity contribution in [3.63, 3.8) is 0 Å². The van der Waals surface area contributed by atoms with Crippen LogP contribution in [0.25, 0.3) is 0 Å². The number of unbranched alkanes of at least 4 members (excludes halogenated alkanes) is 25. The second-order valence-corrected chi connectivity index (χ2v) is 20.1. The van der Waals surface area contributed by atoms with Crippen molar-refractivity contribution in [2.75, 3.05) is 18.5 Å². The van der Waals surface area contributed by atoms with Crippen molar-refractivity contribution in [1.82, 2.24) is 0 Å². The molecule has 3 atom stereocenters. The second kappa shape index (κ2) is 34.7. The van der Waals surface area contributed by atoms with Gasteiger partial charge in [-0.1, -0.05) is 203 Å². The smallest absolute Gasteiger partial charge is 0.333 e. The monoisotopic (exact) mass is 759 g/mol. The SMILES string of the molecule is CCCCCCCCCCCCCCCCOC(CCCCCCCC1CC1CCCCCCCC)O[Si](C)(C)OCCCCCCBr. The number of rotatable bonds is 40. The average Bonchev–Trinajstić information content (AvgIpc) is 3.83. The molecule has 1 aliphatic rings. The highest BCUT2D eigenvalue weighted by atomic mass is 79.9. The van der Waals surface area contributed by atoms with Gasteiger partial charge in [0, 0.05) is 18.5 Å². The maximum absolute atomic E-state index is 6.61. The highest BCUT2D eigenvalue weighted by Gasteiger charge is 2.35. The summed E-state index contributed by atoms with van der Waals surface area (Å²) in [4.78, 5) is 0. The first kappa shape index (κ1) is 46.6.